The summed E-state index contributed by atoms with van der Waals surface area (Å²) in [6.07, 6.45) is 2.28. The second-order valence-electron chi connectivity index (χ2n) is 7.36. The van der Waals surface area contributed by atoms with Gasteiger partial charge in [-0.15, -0.1) is 0 Å². The summed E-state index contributed by atoms with van der Waals surface area (Å²) in [5, 5.41) is 10.6. The van der Waals surface area contributed by atoms with Crippen LogP contribution in [0.25, 0.3) is 11.6 Å². The Morgan fingerprint density at radius 2 is 1.88 bits per heavy atom. The minimum absolute atomic E-state index is 0.415. The van der Waals surface area contributed by atoms with Crippen LogP contribution in [0.2, 0.25) is 0 Å². The summed E-state index contributed by atoms with van der Waals surface area (Å²) < 4.78 is 11.4. The van der Waals surface area contributed by atoms with Crippen LogP contribution < -0.4 is 15.4 Å². The van der Waals surface area contributed by atoms with Gasteiger partial charge >= 0.3 is 0 Å². The smallest absolute Gasteiger partial charge is 0.276 e. The van der Waals surface area contributed by atoms with Gasteiger partial charge in [0.25, 0.3) is 5.89 Å². The molecule has 2 aromatic heterocycles. The van der Waals surface area contributed by atoms with E-state index >= 15 is 0 Å². The predicted octanol–water partition coefficient (Wildman–Crippen LogP) is 4.14. The number of nitrogens with zero attached hydrogens (tertiary/aromatic N) is 4. The molecular weight excluding hydrogens is 416 g/mol. The fourth-order valence-electron chi connectivity index (χ4n) is 3.16. The first-order valence-electron chi connectivity index (χ1n) is 10.7. The van der Waals surface area contributed by atoms with E-state index in [0.29, 0.717) is 42.9 Å². The van der Waals surface area contributed by atoms with Crippen LogP contribution in [-0.4, -0.2) is 34.7 Å². The molecule has 0 saturated carbocycles. The Kier molecular flexibility index (Phi) is 7.27. The van der Waals surface area contributed by atoms with Crippen molar-refractivity contribution in [3.05, 3.63) is 89.9 Å². The maximum absolute atomic E-state index is 6.10. The molecule has 0 bridgehead atoms. The predicted molar refractivity (Wildman–Crippen MR) is 127 cm³/mol. The average molecular weight is 443 g/mol. The van der Waals surface area contributed by atoms with Gasteiger partial charge in [0, 0.05) is 38.3 Å². The van der Waals surface area contributed by atoms with Crippen molar-refractivity contribution in [2.75, 3.05) is 13.6 Å². The standard InChI is InChI=1S/C25H26N6O2/c1-18-11-12-19(22(16-18)32-20-8-4-3-5-9-20)17-29-25(26-2)28-15-13-23-30-24(33-31-23)21-10-6-7-14-27-21/h3-12,14,16H,13,15,17H2,1-2H3,(H2,26,28,29). The Balaban J connectivity index is 1.31. The van der Waals surface area contributed by atoms with Crippen LogP contribution in [0, 0.1) is 6.92 Å². The number of ether oxygens (including phenoxy) is 1. The number of guanidine groups is 1. The number of aryl methyl sites for hydroxylation is 1. The molecule has 0 amide bonds. The number of hydrogen-bond acceptors (Lipinski definition) is 6. The van der Waals surface area contributed by atoms with E-state index in [-0.39, 0.29) is 0 Å². The van der Waals surface area contributed by atoms with Gasteiger partial charge in [-0.3, -0.25) is 9.98 Å². The van der Waals surface area contributed by atoms with Gasteiger partial charge in [0.2, 0.25) is 0 Å². The number of para-hydroxylation sites is 1. The molecule has 8 nitrogen and oxygen atoms in total. The van der Waals surface area contributed by atoms with Gasteiger partial charge in [0.1, 0.15) is 17.2 Å². The summed E-state index contributed by atoms with van der Waals surface area (Å²) in [7, 11) is 1.74. The van der Waals surface area contributed by atoms with E-state index < -0.39 is 0 Å². The molecule has 168 valence electrons. The molecule has 2 heterocycles. The zero-order valence-corrected chi connectivity index (χ0v) is 18.7. The van der Waals surface area contributed by atoms with Crippen molar-refractivity contribution in [1.29, 1.82) is 0 Å². The van der Waals surface area contributed by atoms with Gasteiger partial charge in [-0.25, -0.2) is 0 Å². The second-order valence-corrected chi connectivity index (χ2v) is 7.36. The number of pyridine rings is 1. The molecule has 0 saturated heterocycles. The normalized spacial score (nSPS) is 11.3. The SMILES string of the molecule is CN=C(NCCc1noc(-c2ccccn2)n1)NCc1ccc(C)cc1Oc1ccccc1. The maximum Gasteiger partial charge on any atom is 0.276 e. The van der Waals surface area contributed by atoms with E-state index in [4.69, 9.17) is 9.26 Å². The van der Waals surface area contributed by atoms with Gasteiger partial charge in [0.05, 0.1) is 0 Å². The Labute approximate surface area is 192 Å². The molecular formula is C25H26N6O2. The first-order valence-corrected chi connectivity index (χ1v) is 10.7. The highest BCUT2D eigenvalue weighted by atomic mass is 16.5. The number of rotatable bonds is 8. The van der Waals surface area contributed by atoms with Crippen LogP contribution in [0.1, 0.15) is 17.0 Å². The van der Waals surface area contributed by atoms with Gasteiger partial charge < -0.3 is 19.9 Å². The molecule has 0 radical (unpaired) electrons. The molecule has 0 aliphatic heterocycles. The van der Waals surface area contributed by atoms with Crippen molar-refractivity contribution in [2.24, 2.45) is 4.99 Å². The number of hydrogen-bond donors (Lipinski definition) is 2. The summed E-state index contributed by atoms with van der Waals surface area (Å²) in [4.78, 5) is 12.9. The van der Waals surface area contributed by atoms with Crippen LogP contribution in [0.4, 0.5) is 0 Å². The topological polar surface area (TPSA) is 97.5 Å². The second kappa shape index (κ2) is 10.9. The van der Waals surface area contributed by atoms with E-state index in [9.17, 15) is 0 Å². The lowest BCUT2D eigenvalue weighted by atomic mass is 10.1. The Morgan fingerprint density at radius 1 is 1.03 bits per heavy atom. The van der Waals surface area contributed by atoms with Crippen molar-refractivity contribution in [2.45, 2.75) is 19.9 Å². The van der Waals surface area contributed by atoms with Crippen LogP contribution in [0.15, 0.2) is 82.4 Å². The summed E-state index contributed by atoms with van der Waals surface area (Å²) in [6, 6.07) is 21.5. The van der Waals surface area contributed by atoms with Gasteiger partial charge in [-0.05, 0) is 42.8 Å². The van der Waals surface area contributed by atoms with E-state index in [1.165, 1.54) is 0 Å². The highest BCUT2D eigenvalue weighted by Gasteiger charge is 2.10. The molecule has 8 heteroatoms. The van der Waals surface area contributed by atoms with Crippen LogP contribution >= 0.6 is 0 Å². The molecule has 2 aromatic carbocycles. The molecule has 4 rings (SSSR count). The Morgan fingerprint density at radius 3 is 2.67 bits per heavy atom. The lowest BCUT2D eigenvalue weighted by Crippen LogP contribution is -2.38. The Bertz CT molecular complexity index is 1190. The van der Waals surface area contributed by atoms with Crippen LogP contribution in [0.5, 0.6) is 11.5 Å². The third-order valence-electron chi connectivity index (χ3n) is 4.86. The number of aliphatic imine (C=N–C) groups is 1. The van der Waals surface area contributed by atoms with Gasteiger partial charge in [-0.2, -0.15) is 4.98 Å². The van der Waals surface area contributed by atoms with Crippen molar-refractivity contribution < 1.29 is 9.26 Å². The molecule has 2 N–H and O–H groups in total. The van der Waals surface area contributed by atoms with Crippen LogP contribution in [0.3, 0.4) is 0 Å². The fraction of sp³-hybridized carbons (Fsp3) is 0.200. The lowest BCUT2D eigenvalue weighted by Gasteiger charge is -2.15. The molecule has 0 fully saturated rings. The lowest BCUT2D eigenvalue weighted by molar-refractivity contribution is 0.421. The molecule has 0 spiro atoms. The quantitative estimate of drug-likeness (QED) is 0.313. The van der Waals surface area contributed by atoms with Crippen molar-refractivity contribution in [3.63, 3.8) is 0 Å². The van der Waals surface area contributed by atoms with Crippen molar-refractivity contribution >= 4 is 5.96 Å². The maximum atomic E-state index is 6.10. The van der Waals surface area contributed by atoms with E-state index in [0.717, 1.165) is 22.6 Å². The summed E-state index contributed by atoms with van der Waals surface area (Å²) in [6.45, 7) is 3.21. The largest absolute Gasteiger partial charge is 0.457 e. The molecule has 0 aliphatic carbocycles. The third kappa shape index (κ3) is 6.16. The van der Waals surface area contributed by atoms with Gasteiger partial charge in [-0.1, -0.05) is 41.6 Å². The monoisotopic (exact) mass is 442 g/mol. The highest BCUT2D eigenvalue weighted by molar-refractivity contribution is 5.79. The number of aromatic nitrogens is 3. The fourth-order valence-corrected chi connectivity index (χ4v) is 3.16. The van der Waals surface area contributed by atoms with Crippen LogP contribution in [-0.2, 0) is 13.0 Å². The number of benzene rings is 2. The van der Waals surface area contributed by atoms with Gasteiger partial charge in [0.15, 0.2) is 11.8 Å². The molecule has 0 unspecified atom stereocenters. The first kappa shape index (κ1) is 22.0. The van der Waals surface area contributed by atoms with Crippen molar-refractivity contribution in [3.8, 4) is 23.1 Å². The summed E-state index contributed by atoms with van der Waals surface area (Å²) in [5.74, 6) is 3.32. The van der Waals surface area contributed by atoms with E-state index in [1.807, 2.05) is 61.5 Å². The average Bonchev–Trinajstić information content (AvgIpc) is 3.32. The van der Waals surface area contributed by atoms with E-state index in [1.54, 1.807) is 13.2 Å². The number of nitrogens with one attached hydrogen (secondary N) is 2. The zero-order chi connectivity index (χ0) is 22.9. The first-order chi connectivity index (χ1) is 16.2. The minimum Gasteiger partial charge on any atom is -0.457 e. The van der Waals surface area contributed by atoms with Crippen molar-refractivity contribution in [1.82, 2.24) is 25.8 Å². The zero-order valence-electron chi connectivity index (χ0n) is 18.7. The molecule has 0 aliphatic rings. The minimum atomic E-state index is 0.415. The summed E-state index contributed by atoms with van der Waals surface area (Å²) >= 11 is 0. The molecule has 4 aromatic rings. The summed E-state index contributed by atoms with van der Waals surface area (Å²) in [5.41, 5.74) is 2.83. The van der Waals surface area contributed by atoms with E-state index in [2.05, 4.69) is 42.9 Å². The molecule has 33 heavy (non-hydrogen) atoms. The molecule has 0 atom stereocenters. The highest BCUT2D eigenvalue weighted by Crippen LogP contribution is 2.26. The third-order valence-corrected chi connectivity index (χ3v) is 4.86. The Hall–Kier alpha value is -4.20.